The molecule has 0 amide bonds. The van der Waals surface area contributed by atoms with Crippen molar-refractivity contribution in [2.45, 2.75) is 6.42 Å². The summed E-state index contributed by atoms with van der Waals surface area (Å²) in [5.74, 6) is -0.548. The highest BCUT2D eigenvalue weighted by Gasteiger charge is 2.11. The maximum atomic E-state index is 7.15. The summed E-state index contributed by atoms with van der Waals surface area (Å²) in [6, 6.07) is 3.01. The minimum absolute atomic E-state index is 0. The van der Waals surface area contributed by atoms with Crippen molar-refractivity contribution in [3.05, 3.63) is 27.2 Å². The van der Waals surface area contributed by atoms with Crippen LogP contribution in [0.3, 0.4) is 0 Å². The number of hydrogen-bond donors (Lipinski definition) is 4. The van der Waals surface area contributed by atoms with Gasteiger partial charge in [-0.2, -0.15) is 5.06 Å². The molecule has 0 saturated heterocycles. The van der Waals surface area contributed by atoms with Gasteiger partial charge in [0, 0.05) is 12.5 Å². The van der Waals surface area contributed by atoms with Crippen molar-refractivity contribution < 1.29 is 9.57 Å². The number of benzene rings is 1. The zero-order chi connectivity index (χ0) is 16.0. The molecule has 22 heavy (non-hydrogen) atoms. The van der Waals surface area contributed by atoms with Gasteiger partial charge in [-0.25, -0.2) is 0 Å². The first-order chi connectivity index (χ1) is 9.82. The molecule has 1 rings (SSSR count). The largest absolute Gasteiger partial charge is 0.492 e. The predicted molar refractivity (Wildman–Crippen MR) is 90.5 cm³/mol. The standard InChI is InChI=1S/C11H14Cl3N5O2.ClH/c12-6-4-8(14)9(5-7(6)13)20-2-1-3-21-19(10(15)16)11(17)18;/h4-5H,1-3H2,(H3,15,16)(H3,17,18);1H. The minimum Gasteiger partial charge on any atom is -0.492 e. The number of nitrogens with one attached hydrogen (secondary N) is 2. The maximum absolute atomic E-state index is 7.15. The highest BCUT2D eigenvalue weighted by atomic mass is 35.5. The molecule has 0 unspecified atom stereocenters. The molecule has 0 saturated carbocycles. The summed E-state index contributed by atoms with van der Waals surface area (Å²) >= 11 is 17.6. The third-order valence-electron chi connectivity index (χ3n) is 2.18. The number of nitrogens with zero attached hydrogens (tertiary/aromatic N) is 1. The Kier molecular flexibility index (Phi) is 9.31. The molecule has 0 spiro atoms. The van der Waals surface area contributed by atoms with Crippen molar-refractivity contribution in [1.29, 1.82) is 10.8 Å². The van der Waals surface area contributed by atoms with E-state index in [9.17, 15) is 0 Å². The topological polar surface area (TPSA) is 121 Å². The van der Waals surface area contributed by atoms with E-state index >= 15 is 0 Å². The molecule has 0 radical (unpaired) electrons. The van der Waals surface area contributed by atoms with E-state index < -0.39 is 11.9 Å². The van der Waals surface area contributed by atoms with Crippen molar-refractivity contribution in [2.24, 2.45) is 11.5 Å². The Balaban J connectivity index is 0.00000441. The summed E-state index contributed by atoms with van der Waals surface area (Å²) in [5.41, 5.74) is 10.4. The highest BCUT2D eigenvalue weighted by molar-refractivity contribution is 6.43. The van der Waals surface area contributed by atoms with Crippen molar-refractivity contribution in [2.75, 3.05) is 13.2 Å². The number of nitrogens with two attached hydrogens (primary N) is 2. The van der Waals surface area contributed by atoms with E-state index in [0.29, 0.717) is 32.3 Å². The molecular weight excluding hydrogens is 376 g/mol. The van der Waals surface area contributed by atoms with Crippen LogP contribution in [0.15, 0.2) is 12.1 Å². The minimum atomic E-state index is -0.476. The second kappa shape index (κ2) is 9.81. The third-order valence-corrected chi connectivity index (χ3v) is 3.20. The van der Waals surface area contributed by atoms with E-state index in [-0.39, 0.29) is 25.6 Å². The molecule has 0 bridgehead atoms. The molecule has 7 nitrogen and oxygen atoms in total. The summed E-state index contributed by atoms with van der Waals surface area (Å²) in [7, 11) is 0. The van der Waals surface area contributed by atoms with Gasteiger partial charge >= 0.3 is 0 Å². The van der Waals surface area contributed by atoms with Crippen LogP contribution in [0.25, 0.3) is 0 Å². The Hall–Kier alpha value is -1.12. The lowest BCUT2D eigenvalue weighted by Crippen LogP contribution is -2.45. The monoisotopic (exact) mass is 389 g/mol. The highest BCUT2D eigenvalue weighted by Crippen LogP contribution is 2.33. The summed E-state index contributed by atoms with van der Waals surface area (Å²) in [6.45, 7) is 0.430. The molecule has 11 heteroatoms. The lowest BCUT2D eigenvalue weighted by Gasteiger charge is -2.19. The van der Waals surface area contributed by atoms with E-state index in [4.69, 9.17) is 66.7 Å². The molecular formula is C11H15Cl4N5O2. The van der Waals surface area contributed by atoms with Crippen LogP contribution in [-0.4, -0.2) is 30.2 Å². The number of guanidine groups is 2. The number of ether oxygens (including phenoxy) is 1. The Morgan fingerprint density at radius 3 is 2.09 bits per heavy atom. The van der Waals surface area contributed by atoms with Crippen LogP contribution in [0.1, 0.15) is 6.42 Å². The van der Waals surface area contributed by atoms with E-state index in [2.05, 4.69) is 0 Å². The summed E-state index contributed by atoms with van der Waals surface area (Å²) in [4.78, 5) is 5.05. The van der Waals surface area contributed by atoms with Crippen molar-refractivity contribution in [1.82, 2.24) is 5.06 Å². The molecule has 0 atom stereocenters. The van der Waals surface area contributed by atoms with Crippen LogP contribution in [0.5, 0.6) is 5.75 Å². The van der Waals surface area contributed by atoms with Crippen LogP contribution in [0, 0.1) is 10.8 Å². The Morgan fingerprint density at radius 2 is 1.55 bits per heavy atom. The average molecular weight is 391 g/mol. The van der Waals surface area contributed by atoms with Crippen LogP contribution in [0.2, 0.25) is 15.1 Å². The quantitative estimate of drug-likeness (QED) is 0.195. The van der Waals surface area contributed by atoms with E-state index in [1.807, 2.05) is 0 Å². The van der Waals surface area contributed by atoms with Crippen molar-refractivity contribution >= 4 is 59.1 Å². The summed E-state index contributed by atoms with van der Waals surface area (Å²) in [6.07, 6.45) is 0.452. The van der Waals surface area contributed by atoms with E-state index in [0.717, 1.165) is 0 Å². The van der Waals surface area contributed by atoms with Gasteiger partial charge in [0.15, 0.2) is 0 Å². The fourth-order valence-corrected chi connectivity index (χ4v) is 1.87. The SMILES string of the molecule is Cl.N=C(N)N(OCCCOc1cc(Cl)c(Cl)cc1Cl)C(=N)N. The van der Waals surface area contributed by atoms with Crippen molar-refractivity contribution in [3.8, 4) is 5.75 Å². The summed E-state index contributed by atoms with van der Waals surface area (Å²) < 4.78 is 5.43. The van der Waals surface area contributed by atoms with Gasteiger partial charge in [-0.3, -0.25) is 15.7 Å². The normalized spacial score (nSPS) is 9.77. The Morgan fingerprint density at radius 1 is 1.00 bits per heavy atom. The molecule has 0 aromatic heterocycles. The second-order valence-electron chi connectivity index (χ2n) is 3.80. The van der Waals surface area contributed by atoms with Gasteiger partial charge in [0.05, 0.1) is 28.3 Å². The van der Waals surface area contributed by atoms with Gasteiger partial charge in [0.2, 0.25) is 11.9 Å². The summed E-state index contributed by atoms with van der Waals surface area (Å²) in [5, 5.41) is 16.0. The predicted octanol–water partition coefficient (Wildman–Crippen LogP) is 2.86. The van der Waals surface area contributed by atoms with Crippen LogP contribution in [0.4, 0.5) is 0 Å². The molecule has 0 aliphatic carbocycles. The zero-order valence-corrected chi connectivity index (χ0v) is 14.3. The number of rotatable bonds is 6. The fourth-order valence-electron chi connectivity index (χ4n) is 1.28. The van der Waals surface area contributed by atoms with Gasteiger partial charge in [-0.15, -0.1) is 12.4 Å². The number of hydrogen-bond acceptors (Lipinski definition) is 4. The Labute approximate surface area is 148 Å². The average Bonchev–Trinajstić information content (AvgIpc) is 2.38. The number of hydroxylamine groups is 2. The van der Waals surface area contributed by atoms with Gasteiger partial charge < -0.3 is 16.2 Å². The lowest BCUT2D eigenvalue weighted by atomic mass is 10.3. The smallest absolute Gasteiger partial charge is 0.220 e. The third kappa shape index (κ3) is 6.33. The molecule has 0 fully saturated rings. The van der Waals surface area contributed by atoms with Gasteiger partial charge in [0.1, 0.15) is 5.75 Å². The fraction of sp³-hybridized carbons (Fsp3) is 0.273. The molecule has 0 aliphatic rings. The van der Waals surface area contributed by atoms with E-state index in [1.165, 1.54) is 12.1 Å². The number of halogens is 4. The zero-order valence-electron chi connectivity index (χ0n) is 11.2. The van der Waals surface area contributed by atoms with Crippen molar-refractivity contribution in [3.63, 3.8) is 0 Å². The first-order valence-corrected chi connectivity index (χ1v) is 6.84. The van der Waals surface area contributed by atoms with Gasteiger partial charge in [0.25, 0.3) is 0 Å². The molecule has 124 valence electrons. The van der Waals surface area contributed by atoms with Gasteiger partial charge in [-0.1, -0.05) is 34.8 Å². The molecule has 6 N–H and O–H groups in total. The van der Waals surface area contributed by atoms with Gasteiger partial charge in [-0.05, 0) is 6.07 Å². The van der Waals surface area contributed by atoms with Crippen LogP contribution < -0.4 is 16.2 Å². The first kappa shape index (κ1) is 20.9. The maximum Gasteiger partial charge on any atom is 0.220 e. The van der Waals surface area contributed by atoms with Crippen LogP contribution >= 0.6 is 47.2 Å². The molecule has 1 aromatic rings. The van der Waals surface area contributed by atoms with E-state index in [1.54, 1.807) is 0 Å². The Bertz CT molecular complexity index is 529. The van der Waals surface area contributed by atoms with Crippen LogP contribution in [-0.2, 0) is 4.84 Å². The second-order valence-corrected chi connectivity index (χ2v) is 5.02. The molecule has 1 aromatic carbocycles. The molecule has 0 aliphatic heterocycles. The first-order valence-electron chi connectivity index (χ1n) is 5.71. The molecule has 0 heterocycles. The lowest BCUT2D eigenvalue weighted by molar-refractivity contribution is -0.0493.